The fourth-order valence-corrected chi connectivity index (χ4v) is 2.16. The molecule has 0 atom stereocenters. The zero-order valence-electron chi connectivity index (χ0n) is 11.7. The lowest BCUT2D eigenvalue weighted by atomic mass is 9.82. The molecule has 0 heterocycles. The van der Waals surface area contributed by atoms with Crippen LogP contribution in [-0.4, -0.2) is 36.9 Å². The summed E-state index contributed by atoms with van der Waals surface area (Å²) in [6.45, 7) is 3.03. The molecular weight excluding hydrogens is 258 g/mol. The minimum atomic E-state index is -0.189. The molecule has 0 spiro atoms. The van der Waals surface area contributed by atoms with Gasteiger partial charge in [-0.15, -0.1) is 0 Å². The fraction of sp³-hybridized carbons (Fsp3) is 0.533. The zero-order valence-corrected chi connectivity index (χ0v) is 11.7. The first-order valence-corrected chi connectivity index (χ1v) is 6.98. The standard InChI is InChI=1S/C15H21NO4/c1-2-19-13-5-3-4-6-14(13)20-10-15(18)16-9-11-7-12(17)8-11/h3-6,11-12,17H,2,7-10H2,1H3,(H,16,18). The van der Waals surface area contributed by atoms with Crippen molar-refractivity contribution in [2.24, 2.45) is 5.92 Å². The number of hydrogen-bond donors (Lipinski definition) is 2. The summed E-state index contributed by atoms with van der Waals surface area (Å²) in [5.74, 6) is 1.45. The minimum Gasteiger partial charge on any atom is -0.490 e. The quantitative estimate of drug-likeness (QED) is 0.790. The van der Waals surface area contributed by atoms with Crippen LogP contribution in [-0.2, 0) is 4.79 Å². The van der Waals surface area contributed by atoms with E-state index in [1.54, 1.807) is 6.07 Å². The van der Waals surface area contributed by atoms with Crippen molar-refractivity contribution in [3.8, 4) is 11.5 Å². The molecule has 2 N–H and O–H groups in total. The highest BCUT2D eigenvalue weighted by Crippen LogP contribution is 2.27. The van der Waals surface area contributed by atoms with Gasteiger partial charge in [-0.05, 0) is 37.8 Å². The van der Waals surface area contributed by atoms with Gasteiger partial charge in [0.2, 0.25) is 0 Å². The van der Waals surface area contributed by atoms with Crippen molar-refractivity contribution in [3.63, 3.8) is 0 Å². The third-order valence-electron chi connectivity index (χ3n) is 3.31. The summed E-state index contributed by atoms with van der Waals surface area (Å²) in [7, 11) is 0. The molecule has 5 heteroatoms. The van der Waals surface area contributed by atoms with Gasteiger partial charge < -0.3 is 19.9 Å². The maximum atomic E-state index is 11.7. The first-order valence-electron chi connectivity index (χ1n) is 6.98. The van der Waals surface area contributed by atoms with E-state index in [4.69, 9.17) is 14.6 Å². The normalized spacial score (nSPS) is 20.9. The van der Waals surface area contributed by atoms with Crippen LogP contribution < -0.4 is 14.8 Å². The van der Waals surface area contributed by atoms with E-state index < -0.39 is 0 Å². The minimum absolute atomic E-state index is 0.0284. The van der Waals surface area contributed by atoms with Crippen LogP contribution in [0.15, 0.2) is 24.3 Å². The Morgan fingerprint density at radius 3 is 2.55 bits per heavy atom. The highest BCUT2D eigenvalue weighted by molar-refractivity contribution is 5.77. The molecule has 1 fully saturated rings. The van der Waals surface area contributed by atoms with E-state index >= 15 is 0 Å². The molecule has 1 saturated carbocycles. The lowest BCUT2D eigenvalue weighted by Gasteiger charge is -2.31. The summed E-state index contributed by atoms with van der Waals surface area (Å²) in [5.41, 5.74) is 0. The molecule has 1 aromatic carbocycles. The van der Waals surface area contributed by atoms with Crippen LogP contribution in [0.2, 0.25) is 0 Å². The van der Waals surface area contributed by atoms with Gasteiger partial charge >= 0.3 is 0 Å². The summed E-state index contributed by atoms with van der Waals surface area (Å²) in [6.07, 6.45) is 1.36. The van der Waals surface area contributed by atoms with Crippen molar-refractivity contribution >= 4 is 5.91 Å². The number of ether oxygens (including phenoxy) is 2. The Morgan fingerprint density at radius 1 is 1.30 bits per heavy atom. The number of aliphatic hydroxyl groups is 1. The third kappa shape index (κ3) is 4.13. The van der Waals surface area contributed by atoms with Crippen molar-refractivity contribution in [1.29, 1.82) is 0 Å². The average Bonchev–Trinajstić information content (AvgIpc) is 2.42. The maximum Gasteiger partial charge on any atom is 0.257 e. The molecule has 1 amide bonds. The van der Waals surface area contributed by atoms with Gasteiger partial charge in [-0.1, -0.05) is 12.1 Å². The third-order valence-corrected chi connectivity index (χ3v) is 3.31. The van der Waals surface area contributed by atoms with E-state index in [2.05, 4.69) is 5.32 Å². The second kappa shape index (κ2) is 7.14. The number of rotatable bonds is 7. The number of aliphatic hydroxyl groups excluding tert-OH is 1. The van der Waals surface area contributed by atoms with Gasteiger partial charge in [0.15, 0.2) is 18.1 Å². The molecule has 110 valence electrons. The number of carbonyl (C=O) groups excluding carboxylic acids is 1. The lowest BCUT2D eigenvalue weighted by molar-refractivity contribution is -0.123. The molecule has 1 aliphatic rings. The Balaban J connectivity index is 1.72. The van der Waals surface area contributed by atoms with Crippen molar-refractivity contribution in [2.45, 2.75) is 25.9 Å². The number of benzene rings is 1. The smallest absolute Gasteiger partial charge is 0.257 e. The number of hydrogen-bond acceptors (Lipinski definition) is 4. The summed E-state index contributed by atoms with van der Waals surface area (Å²) in [5, 5.41) is 12.0. The topological polar surface area (TPSA) is 67.8 Å². The molecule has 0 saturated heterocycles. The van der Waals surface area contributed by atoms with Crippen molar-refractivity contribution in [3.05, 3.63) is 24.3 Å². The summed E-state index contributed by atoms with van der Waals surface area (Å²) in [6, 6.07) is 7.29. The second-order valence-corrected chi connectivity index (χ2v) is 4.96. The van der Waals surface area contributed by atoms with Crippen LogP contribution in [0.5, 0.6) is 11.5 Å². The number of nitrogens with one attached hydrogen (secondary N) is 1. The molecule has 2 rings (SSSR count). The van der Waals surface area contributed by atoms with Gasteiger partial charge in [-0.2, -0.15) is 0 Å². The Kier molecular flexibility index (Phi) is 5.24. The van der Waals surface area contributed by atoms with E-state index in [-0.39, 0.29) is 18.6 Å². The Bertz CT molecular complexity index is 443. The molecule has 0 unspecified atom stereocenters. The van der Waals surface area contributed by atoms with E-state index in [0.29, 0.717) is 30.6 Å². The molecule has 20 heavy (non-hydrogen) atoms. The number of para-hydroxylation sites is 2. The first-order chi connectivity index (χ1) is 9.69. The molecular formula is C15H21NO4. The molecule has 5 nitrogen and oxygen atoms in total. The predicted octanol–water partition coefficient (Wildman–Crippen LogP) is 1.35. The predicted molar refractivity (Wildman–Crippen MR) is 74.8 cm³/mol. The SMILES string of the molecule is CCOc1ccccc1OCC(=O)NCC1CC(O)C1. The van der Waals surface area contributed by atoms with Crippen molar-refractivity contribution in [1.82, 2.24) is 5.32 Å². The average molecular weight is 279 g/mol. The highest BCUT2D eigenvalue weighted by Gasteiger charge is 2.27. The number of carbonyl (C=O) groups is 1. The van der Waals surface area contributed by atoms with E-state index in [1.807, 2.05) is 25.1 Å². The number of amides is 1. The summed E-state index contributed by atoms with van der Waals surface area (Å²) >= 11 is 0. The summed E-state index contributed by atoms with van der Waals surface area (Å²) in [4.78, 5) is 11.7. The van der Waals surface area contributed by atoms with Crippen LogP contribution in [0.3, 0.4) is 0 Å². The Hall–Kier alpha value is -1.75. The van der Waals surface area contributed by atoms with E-state index in [0.717, 1.165) is 12.8 Å². The van der Waals surface area contributed by atoms with E-state index in [1.165, 1.54) is 0 Å². The van der Waals surface area contributed by atoms with E-state index in [9.17, 15) is 4.79 Å². The summed E-state index contributed by atoms with van der Waals surface area (Å²) < 4.78 is 10.9. The monoisotopic (exact) mass is 279 g/mol. The van der Waals surface area contributed by atoms with Gasteiger partial charge in [0.25, 0.3) is 5.91 Å². The van der Waals surface area contributed by atoms with Crippen LogP contribution in [0.4, 0.5) is 0 Å². The molecule has 0 aromatic heterocycles. The molecule has 1 aliphatic carbocycles. The maximum absolute atomic E-state index is 11.7. The molecule has 0 aliphatic heterocycles. The first kappa shape index (κ1) is 14.7. The Labute approximate surface area is 118 Å². The van der Waals surface area contributed by atoms with Crippen molar-refractivity contribution < 1.29 is 19.4 Å². The van der Waals surface area contributed by atoms with Gasteiger partial charge in [0.05, 0.1) is 12.7 Å². The molecule has 0 bridgehead atoms. The molecule has 1 aromatic rings. The van der Waals surface area contributed by atoms with Gasteiger partial charge in [0.1, 0.15) is 0 Å². The Morgan fingerprint density at radius 2 is 1.95 bits per heavy atom. The van der Waals surface area contributed by atoms with Crippen LogP contribution in [0.1, 0.15) is 19.8 Å². The van der Waals surface area contributed by atoms with Crippen molar-refractivity contribution in [2.75, 3.05) is 19.8 Å². The lowest BCUT2D eigenvalue weighted by Crippen LogP contribution is -2.39. The highest BCUT2D eigenvalue weighted by atomic mass is 16.5. The van der Waals surface area contributed by atoms with Gasteiger partial charge in [0, 0.05) is 6.54 Å². The van der Waals surface area contributed by atoms with Gasteiger partial charge in [-0.3, -0.25) is 4.79 Å². The largest absolute Gasteiger partial charge is 0.490 e. The molecule has 0 radical (unpaired) electrons. The fourth-order valence-electron chi connectivity index (χ4n) is 2.16. The van der Waals surface area contributed by atoms with Crippen LogP contribution >= 0.6 is 0 Å². The second-order valence-electron chi connectivity index (χ2n) is 4.96. The van der Waals surface area contributed by atoms with Crippen LogP contribution in [0.25, 0.3) is 0 Å². The van der Waals surface area contributed by atoms with Crippen LogP contribution in [0, 0.1) is 5.92 Å². The van der Waals surface area contributed by atoms with Gasteiger partial charge in [-0.25, -0.2) is 0 Å². The zero-order chi connectivity index (χ0) is 14.4.